The van der Waals surface area contributed by atoms with E-state index >= 15 is 0 Å². The largest absolute Gasteiger partial charge is 0.457 e. The summed E-state index contributed by atoms with van der Waals surface area (Å²) < 4.78 is 9.02. The van der Waals surface area contributed by atoms with E-state index in [0.717, 1.165) is 34.0 Å². The van der Waals surface area contributed by atoms with Crippen LogP contribution >= 0.6 is 0 Å². The predicted molar refractivity (Wildman–Crippen MR) is 265 cm³/mol. The van der Waals surface area contributed by atoms with Gasteiger partial charge in [0.05, 0.1) is 17.7 Å². The molecule has 9 rings (SSSR count). The topological polar surface area (TPSA) is 33.5 Å². The summed E-state index contributed by atoms with van der Waals surface area (Å²) in [5, 5.41) is 2.35. The summed E-state index contributed by atoms with van der Waals surface area (Å²) in [6, 6.07) is 56.9. The number of rotatable bonds is 9. The van der Waals surface area contributed by atoms with Crippen LogP contribution in [0, 0.1) is 5.41 Å². The fourth-order valence-corrected chi connectivity index (χ4v) is 9.12. The second kappa shape index (κ2) is 15.6. The zero-order valence-corrected chi connectivity index (χ0v) is 38.6. The fraction of sp³-hybridized carbons (Fsp3) is 0.259. The Labute approximate surface area is 374 Å². The van der Waals surface area contributed by atoms with Crippen molar-refractivity contribution in [3.05, 3.63) is 204 Å². The number of fused-ring (bicyclic) bond motifs is 3. The maximum Gasteiger partial charge on any atom is 0.137 e. The van der Waals surface area contributed by atoms with E-state index in [9.17, 15) is 0 Å². The zero-order chi connectivity index (χ0) is 44.3. The smallest absolute Gasteiger partial charge is 0.137 e. The Morgan fingerprint density at radius 3 is 1.70 bits per heavy atom. The van der Waals surface area contributed by atoms with Gasteiger partial charge in [-0.25, -0.2) is 4.98 Å². The number of aromatic nitrogens is 2. The first-order valence-corrected chi connectivity index (χ1v) is 22.3. The van der Waals surface area contributed by atoms with E-state index in [1.54, 1.807) is 0 Å². The van der Waals surface area contributed by atoms with E-state index < -0.39 is 0 Å². The van der Waals surface area contributed by atoms with E-state index in [4.69, 9.17) is 9.72 Å². The molecule has 5 nitrogen and oxygen atoms in total. The third kappa shape index (κ3) is 7.90. The quantitative estimate of drug-likeness (QED) is 0.145. The summed E-state index contributed by atoms with van der Waals surface area (Å²) >= 11 is 0. The molecule has 0 unspecified atom stereocenters. The van der Waals surface area contributed by atoms with Crippen molar-refractivity contribution in [3.63, 3.8) is 0 Å². The number of hydrogen-bond acceptors (Lipinski definition) is 4. The highest BCUT2D eigenvalue weighted by atomic mass is 16.5. The average Bonchev–Trinajstić information content (AvgIpc) is 3.88. The highest BCUT2D eigenvalue weighted by molar-refractivity contribution is 6.09. The molecule has 0 aliphatic carbocycles. The third-order valence-corrected chi connectivity index (χ3v) is 13.2. The maximum atomic E-state index is 6.75. The molecule has 1 aliphatic heterocycles. The van der Waals surface area contributed by atoms with Gasteiger partial charge in [0.25, 0.3) is 0 Å². The molecule has 0 bridgehead atoms. The van der Waals surface area contributed by atoms with Crippen molar-refractivity contribution in [2.24, 2.45) is 5.41 Å². The molecule has 6 aromatic carbocycles. The standard InChI is InChI=1S/C58H60N4O/c1-55(2,3)42-30-31-59-54(35-42)62-51-27-18-17-26-49(51)50-29-28-48(37-52(50)62)63-47-25-19-24-45(36-47)60-38-53(56(4,5)6)61(39-60)46-33-43(57(7,8)40-20-13-11-14-21-40)32-44(34-46)58(9,10)41-22-15-12-16-23-41/h11-38H,39H2,1-10H3. The van der Waals surface area contributed by atoms with Gasteiger partial charge in [-0.2, -0.15) is 0 Å². The van der Waals surface area contributed by atoms with Crippen molar-refractivity contribution < 1.29 is 4.74 Å². The molecule has 0 saturated carbocycles. The van der Waals surface area contributed by atoms with Crippen LogP contribution in [0.1, 0.15) is 97.1 Å². The molecule has 0 atom stereocenters. The number of pyridine rings is 1. The highest BCUT2D eigenvalue weighted by Crippen LogP contribution is 2.44. The van der Waals surface area contributed by atoms with Gasteiger partial charge in [-0.05, 0) is 87.8 Å². The van der Waals surface area contributed by atoms with Gasteiger partial charge in [0, 0.05) is 68.6 Å². The van der Waals surface area contributed by atoms with Crippen LogP contribution in [0.2, 0.25) is 0 Å². The number of benzene rings is 6. The lowest BCUT2D eigenvalue weighted by atomic mass is 9.73. The van der Waals surface area contributed by atoms with Crippen molar-refractivity contribution in [2.75, 3.05) is 16.5 Å². The van der Waals surface area contributed by atoms with Crippen LogP contribution in [0.15, 0.2) is 176 Å². The summed E-state index contributed by atoms with van der Waals surface area (Å²) in [6.07, 6.45) is 4.26. The zero-order valence-electron chi connectivity index (χ0n) is 38.6. The van der Waals surface area contributed by atoms with Crippen molar-refractivity contribution in [2.45, 2.75) is 85.5 Å². The minimum absolute atomic E-state index is 0.00348. The Morgan fingerprint density at radius 2 is 1.06 bits per heavy atom. The van der Waals surface area contributed by atoms with Gasteiger partial charge < -0.3 is 14.5 Å². The maximum absolute atomic E-state index is 6.75. The van der Waals surface area contributed by atoms with E-state index in [1.807, 2.05) is 12.3 Å². The molecule has 0 spiro atoms. The summed E-state index contributed by atoms with van der Waals surface area (Å²) in [6.45, 7) is 23.7. The molecule has 318 valence electrons. The molecule has 2 aromatic heterocycles. The molecule has 0 N–H and O–H groups in total. The Bertz CT molecular complexity index is 2910. The Balaban J connectivity index is 1.08. The second-order valence-electron chi connectivity index (χ2n) is 20.3. The number of para-hydroxylation sites is 1. The molecular formula is C58H60N4O. The lowest BCUT2D eigenvalue weighted by Gasteiger charge is -2.35. The fourth-order valence-electron chi connectivity index (χ4n) is 9.12. The third-order valence-electron chi connectivity index (χ3n) is 13.2. The van der Waals surface area contributed by atoms with Gasteiger partial charge in [0.1, 0.15) is 17.3 Å². The summed E-state index contributed by atoms with van der Waals surface area (Å²) in [5.74, 6) is 2.46. The molecule has 0 saturated heterocycles. The minimum Gasteiger partial charge on any atom is -0.457 e. The van der Waals surface area contributed by atoms with Gasteiger partial charge in [0.15, 0.2) is 0 Å². The Morgan fingerprint density at radius 1 is 0.460 bits per heavy atom. The van der Waals surface area contributed by atoms with Crippen LogP contribution in [-0.4, -0.2) is 16.2 Å². The van der Waals surface area contributed by atoms with Gasteiger partial charge >= 0.3 is 0 Å². The lowest BCUT2D eigenvalue weighted by Crippen LogP contribution is -2.32. The van der Waals surface area contributed by atoms with Gasteiger partial charge in [0.2, 0.25) is 0 Å². The highest BCUT2D eigenvalue weighted by Gasteiger charge is 2.35. The summed E-state index contributed by atoms with van der Waals surface area (Å²) in [4.78, 5) is 9.76. The van der Waals surface area contributed by atoms with E-state index in [2.05, 4.69) is 241 Å². The van der Waals surface area contributed by atoms with Crippen molar-refractivity contribution in [3.8, 4) is 17.3 Å². The van der Waals surface area contributed by atoms with Crippen LogP contribution in [0.4, 0.5) is 11.4 Å². The van der Waals surface area contributed by atoms with Crippen LogP contribution in [0.25, 0.3) is 27.6 Å². The first-order chi connectivity index (χ1) is 30.0. The number of ether oxygens (including phenoxy) is 1. The van der Waals surface area contributed by atoms with Gasteiger partial charge in [-0.1, -0.05) is 160 Å². The molecule has 0 fully saturated rings. The Hall–Kier alpha value is -6.59. The predicted octanol–water partition coefficient (Wildman–Crippen LogP) is 15.1. The van der Waals surface area contributed by atoms with Gasteiger partial charge in [-0.15, -0.1) is 0 Å². The summed E-state index contributed by atoms with van der Waals surface area (Å²) in [5.41, 5.74) is 11.5. The summed E-state index contributed by atoms with van der Waals surface area (Å²) in [7, 11) is 0. The first-order valence-electron chi connectivity index (χ1n) is 22.3. The van der Waals surface area contributed by atoms with E-state index in [-0.39, 0.29) is 21.7 Å². The number of nitrogens with zero attached hydrogens (tertiary/aromatic N) is 4. The molecule has 8 aromatic rings. The lowest BCUT2D eigenvalue weighted by molar-refractivity contribution is 0.483. The number of hydrogen-bond donors (Lipinski definition) is 0. The minimum atomic E-state index is -0.222. The van der Waals surface area contributed by atoms with E-state index in [0.29, 0.717) is 6.67 Å². The molecule has 3 heterocycles. The number of anilines is 2. The molecule has 0 amide bonds. The Kier molecular flexibility index (Phi) is 10.4. The first kappa shape index (κ1) is 41.7. The van der Waals surface area contributed by atoms with Crippen molar-refractivity contribution >= 4 is 33.2 Å². The molecule has 63 heavy (non-hydrogen) atoms. The van der Waals surface area contributed by atoms with Crippen molar-refractivity contribution in [1.29, 1.82) is 0 Å². The SMILES string of the molecule is CC(C)(C)C1=CN(c2cccc(Oc3ccc4c5ccccc5n(-c5cc(C(C)(C)C)ccn5)c4c3)c2)CN1c1cc(C(C)(C)c2ccccc2)cc(C(C)(C)c2ccccc2)c1. The average molecular weight is 829 g/mol. The normalized spacial score (nSPS) is 13.8. The van der Waals surface area contributed by atoms with Gasteiger partial charge in [-0.3, -0.25) is 4.57 Å². The van der Waals surface area contributed by atoms with Crippen LogP contribution in [-0.2, 0) is 16.2 Å². The molecule has 5 heteroatoms. The van der Waals surface area contributed by atoms with Crippen LogP contribution in [0.3, 0.4) is 0 Å². The molecule has 1 aliphatic rings. The molecular weight excluding hydrogens is 769 g/mol. The number of allylic oxidation sites excluding steroid dienone is 1. The van der Waals surface area contributed by atoms with Crippen LogP contribution in [0.5, 0.6) is 11.5 Å². The monoisotopic (exact) mass is 828 g/mol. The van der Waals surface area contributed by atoms with E-state index in [1.165, 1.54) is 50.0 Å². The van der Waals surface area contributed by atoms with Crippen molar-refractivity contribution in [1.82, 2.24) is 9.55 Å². The molecule has 0 radical (unpaired) electrons. The van der Waals surface area contributed by atoms with Crippen LogP contribution < -0.4 is 14.5 Å². The second-order valence-corrected chi connectivity index (χ2v) is 20.3.